The molecular formula is C10H8FNO3S. The van der Waals surface area contributed by atoms with Gasteiger partial charge in [0.2, 0.25) is 5.88 Å². The minimum absolute atomic E-state index is 0.231. The van der Waals surface area contributed by atoms with Crippen molar-refractivity contribution in [3.05, 3.63) is 24.0 Å². The fraction of sp³-hybridized carbons (Fsp3) is 0.200. The van der Waals surface area contributed by atoms with E-state index in [4.69, 9.17) is 9.84 Å². The second-order valence-electron chi connectivity index (χ2n) is 3.23. The predicted molar refractivity (Wildman–Crippen MR) is 57.3 cm³/mol. The molecule has 0 aliphatic rings. The molecule has 2 aromatic rings. The van der Waals surface area contributed by atoms with Crippen molar-refractivity contribution in [2.45, 2.75) is 13.0 Å². The average Bonchev–Trinajstić information content (AvgIpc) is 2.60. The van der Waals surface area contributed by atoms with E-state index in [-0.39, 0.29) is 11.7 Å². The molecule has 0 amide bonds. The van der Waals surface area contributed by atoms with Crippen molar-refractivity contribution in [1.29, 1.82) is 0 Å². The summed E-state index contributed by atoms with van der Waals surface area (Å²) in [7, 11) is 0. The third-order valence-corrected chi connectivity index (χ3v) is 2.83. The zero-order chi connectivity index (χ0) is 11.7. The van der Waals surface area contributed by atoms with Crippen LogP contribution < -0.4 is 4.74 Å². The van der Waals surface area contributed by atoms with Gasteiger partial charge in [-0.05, 0) is 36.7 Å². The van der Waals surface area contributed by atoms with Crippen LogP contribution in [0.1, 0.15) is 6.92 Å². The molecule has 16 heavy (non-hydrogen) atoms. The largest absolute Gasteiger partial charge is 0.479 e. The van der Waals surface area contributed by atoms with Crippen LogP contribution >= 0.6 is 11.5 Å². The molecule has 0 saturated heterocycles. The number of rotatable bonds is 3. The number of carbonyl (C=O) groups is 1. The van der Waals surface area contributed by atoms with E-state index < -0.39 is 12.1 Å². The third kappa shape index (κ3) is 1.96. The van der Waals surface area contributed by atoms with Gasteiger partial charge in [0, 0.05) is 0 Å². The number of carboxylic acid groups (broad SMARTS) is 1. The van der Waals surface area contributed by atoms with Crippen LogP contribution in [0.4, 0.5) is 4.39 Å². The molecule has 1 heterocycles. The van der Waals surface area contributed by atoms with Gasteiger partial charge >= 0.3 is 5.97 Å². The van der Waals surface area contributed by atoms with Gasteiger partial charge in [-0.25, -0.2) is 9.18 Å². The average molecular weight is 241 g/mol. The number of halogens is 1. The Morgan fingerprint density at radius 1 is 1.62 bits per heavy atom. The summed E-state index contributed by atoms with van der Waals surface area (Å²) < 4.78 is 22.6. The highest BCUT2D eigenvalue weighted by molar-refractivity contribution is 7.13. The highest BCUT2D eigenvalue weighted by atomic mass is 32.1. The first-order valence-corrected chi connectivity index (χ1v) is 5.29. The minimum atomic E-state index is -1.07. The number of carboxylic acids is 1. The van der Waals surface area contributed by atoms with E-state index in [1.807, 2.05) is 0 Å². The fourth-order valence-corrected chi connectivity index (χ4v) is 1.93. The van der Waals surface area contributed by atoms with Crippen LogP contribution in [0.15, 0.2) is 18.2 Å². The Hall–Kier alpha value is -1.69. The Balaban J connectivity index is 2.35. The lowest BCUT2D eigenvalue weighted by molar-refractivity contribution is -0.144. The summed E-state index contributed by atoms with van der Waals surface area (Å²) in [6, 6.07) is 4.15. The lowest BCUT2D eigenvalue weighted by atomic mass is 10.2. The quantitative estimate of drug-likeness (QED) is 0.895. The molecule has 1 atom stereocenters. The van der Waals surface area contributed by atoms with Crippen LogP contribution in [0.25, 0.3) is 10.1 Å². The maximum Gasteiger partial charge on any atom is 0.344 e. The number of aromatic nitrogens is 1. The third-order valence-electron chi connectivity index (χ3n) is 2.04. The van der Waals surface area contributed by atoms with Crippen LogP contribution in [0.3, 0.4) is 0 Å². The van der Waals surface area contributed by atoms with Crippen LogP contribution in [0, 0.1) is 5.82 Å². The molecule has 0 saturated carbocycles. The molecule has 1 unspecified atom stereocenters. The zero-order valence-corrected chi connectivity index (χ0v) is 9.12. The molecule has 6 heteroatoms. The van der Waals surface area contributed by atoms with Crippen molar-refractivity contribution in [2.24, 2.45) is 0 Å². The first kappa shape index (κ1) is 10.8. The lowest BCUT2D eigenvalue weighted by Crippen LogP contribution is -2.23. The number of aliphatic carboxylic acids is 1. The molecule has 1 N–H and O–H groups in total. The molecule has 0 fully saturated rings. The minimum Gasteiger partial charge on any atom is -0.479 e. The van der Waals surface area contributed by atoms with Crippen molar-refractivity contribution in [1.82, 2.24) is 4.37 Å². The van der Waals surface area contributed by atoms with Gasteiger partial charge in [-0.3, -0.25) is 0 Å². The molecule has 0 bridgehead atoms. The number of fused-ring (bicyclic) bond motifs is 1. The first-order chi connectivity index (χ1) is 7.58. The smallest absolute Gasteiger partial charge is 0.344 e. The molecule has 0 aliphatic heterocycles. The number of hydrogen-bond acceptors (Lipinski definition) is 4. The summed E-state index contributed by atoms with van der Waals surface area (Å²) in [5.41, 5.74) is 0. The Bertz CT molecular complexity index is 540. The number of hydrogen-bond donors (Lipinski definition) is 1. The number of benzene rings is 1. The molecule has 0 radical (unpaired) electrons. The van der Waals surface area contributed by atoms with Gasteiger partial charge in [0.05, 0.1) is 10.1 Å². The maximum absolute atomic E-state index is 12.9. The Morgan fingerprint density at radius 2 is 2.38 bits per heavy atom. The van der Waals surface area contributed by atoms with E-state index in [0.717, 1.165) is 11.5 Å². The van der Waals surface area contributed by atoms with Gasteiger partial charge in [0.1, 0.15) is 5.82 Å². The Kier molecular flexibility index (Phi) is 2.74. The van der Waals surface area contributed by atoms with E-state index in [1.54, 1.807) is 0 Å². The zero-order valence-electron chi connectivity index (χ0n) is 8.31. The van der Waals surface area contributed by atoms with Gasteiger partial charge in [-0.15, -0.1) is 0 Å². The monoisotopic (exact) mass is 241 g/mol. The SMILES string of the molecule is CC(Oc1nsc2cc(F)ccc12)C(=O)O. The molecule has 0 aliphatic carbocycles. The Morgan fingerprint density at radius 3 is 3.06 bits per heavy atom. The van der Waals surface area contributed by atoms with E-state index in [1.165, 1.54) is 25.1 Å². The standard InChI is InChI=1S/C10H8FNO3S/c1-5(10(13)14)15-9-7-3-2-6(11)4-8(7)16-12-9/h2-5H,1H3,(H,13,14). The second kappa shape index (κ2) is 4.05. The molecular weight excluding hydrogens is 233 g/mol. The van der Waals surface area contributed by atoms with Crippen LogP contribution in [0.5, 0.6) is 5.88 Å². The first-order valence-electron chi connectivity index (χ1n) is 4.52. The summed E-state index contributed by atoms with van der Waals surface area (Å²) in [5.74, 6) is -1.19. The van der Waals surface area contributed by atoms with Crippen LogP contribution in [0.2, 0.25) is 0 Å². The molecule has 1 aromatic heterocycles. The van der Waals surface area contributed by atoms with Gasteiger partial charge in [0.15, 0.2) is 6.10 Å². The van der Waals surface area contributed by atoms with Crippen molar-refractivity contribution in [2.75, 3.05) is 0 Å². The summed E-state index contributed by atoms with van der Waals surface area (Å²) in [6.45, 7) is 1.41. The van der Waals surface area contributed by atoms with E-state index in [2.05, 4.69) is 4.37 Å². The highest BCUT2D eigenvalue weighted by Gasteiger charge is 2.16. The van der Waals surface area contributed by atoms with Crippen molar-refractivity contribution < 1.29 is 19.0 Å². The van der Waals surface area contributed by atoms with Gasteiger partial charge < -0.3 is 9.84 Å². The van der Waals surface area contributed by atoms with Crippen molar-refractivity contribution in [3.8, 4) is 5.88 Å². The summed E-state index contributed by atoms with van der Waals surface area (Å²) >= 11 is 1.07. The number of ether oxygens (including phenoxy) is 1. The summed E-state index contributed by atoms with van der Waals surface area (Å²) in [5, 5.41) is 9.31. The van der Waals surface area contributed by atoms with Gasteiger partial charge in [0.25, 0.3) is 0 Å². The summed E-state index contributed by atoms with van der Waals surface area (Å²) in [6.07, 6.45) is -0.977. The lowest BCUT2D eigenvalue weighted by Gasteiger charge is -2.07. The van der Waals surface area contributed by atoms with Crippen molar-refractivity contribution >= 4 is 27.6 Å². The molecule has 0 spiro atoms. The topological polar surface area (TPSA) is 59.4 Å². The maximum atomic E-state index is 12.9. The van der Waals surface area contributed by atoms with E-state index >= 15 is 0 Å². The fourth-order valence-electron chi connectivity index (χ4n) is 1.19. The van der Waals surface area contributed by atoms with E-state index in [9.17, 15) is 9.18 Å². The second-order valence-corrected chi connectivity index (χ2v) is 4.03. The molecule has 1 aromatic carbocycles. The van der Waals surface area contributed by atoms with Crippen LogP contribution in [-0.4, -0.2) is 21.6 Å². The molecule has 4 nitrogen and oxygen atoms in total. The van der Waals surface area contributed by atoms with Crippen LogP contribution in [-0.2, 0) is 4.79 Å². The molecule has 84 valence electrons. The van der Waals surface area contributed by atoms with Gasteiger partial charge in [-0.1, -0.05) is 0 Å². The van der Waals surface area contributed by atoms with Crippen molar-refractivity contribution in [3.63, 3.8) is 0 Å². The number of nitrogens with zero attached hydrogens (tertiary/aromatic N) is 1. The highest BCUT2D eigenvalue weighted by Crippen LogP contribution is 2.29. The van der Waals surface area contributed by atoms with Gasteiger partial charge in [-0.2, -0.15) is 4.37 Å². The summed E-state index contributed by atoms with van der Waals surface area (Å²) in [4.78, 5) is 10.6. The predicted octanol–water partition coefficient (Wildman–Crippen LogP) is 2.29. The van der Waals surface area contributed by atoms with E-state index in [0.29, 0.717) is 10.1 Å². The Labute approximate surface area is 94.4 Å². The normalized spacial score (nSPS) is 12.6. The molecule has 2 rings (SSSR count).